The van der Waals surface area contributed by atoms with E-state index in [9.17, 15) is 0 Å². The number of piperidine rings is 1. The normalized spacial score (nSPS) is 18.2. The Hall–Kier alpha value is -1.02. The molecular weight excluding hydrogens is 437 g/mol. The Labute approximate surface area is 176 Å². The fraction of sp³-hybridized carbons (Fsp3) is 0.650. The van der Waals surface area contributed by atoms with E-state index in [1.807, 2.05) is 7.05 Å². The summed E-state index contributed by atoms with van der Waals surface area (Å²) >= 11 is 0. The third kappa shape index (κ3) is 7.70. The van der Waals surface area contributed by atoms with Gasteiger partial charge in [-0.3, -0.25) is 4.99 Å². The first-order chi connectivity index (χ1) is 12.1. The van der Waals surface area contributed by atoms with E-state index in [1.165, 1.54) is 43.6 Å². The highest BCUT2D eigenvalue weighted by Crippen LogP contribution is 2.16. The molecule has 1 atom stereocenters. The second-order valence-electron chi connectivity index (χ2n) is 7.15. The van der Waals surface area contributed by atoms with Crippen LogP contribution in [0.3, 0.4) is 0 Å². The molecule has 1 aliphatic heterocycles. The number of halogens is 1. The van der Waals surface area contributed by atoms with Crippen LogP contribution in [0.5, 0.6) is 0 Å². The minimum Gasteiger partial charge on any atom is -0.378 e. The second-order valence-corrected chi connectivity index (χ2v) is 7.15. The maximum Gasteiger partial charge on any atom is 0.191 e. The zero-order valence-corrected chi connectivity index (χ0v) is 19.1. The highest BCUT2D eigenvalue weighted by molar-refractivity contribution is 14.0. The number of nitrogens with zero attached hydrogens (tertiary/aromatic N) is 3. The smallest absolute Gasteiger partial charge is 0.191 e. The summed E-state index contributed by atoms with van der Waals surface area (Å²) in [7, 11) is 5.95. The van der Waals surface area contributed by atoms with Crippen molar-refractivity contribution in [1.29, 1.82) is 0 Å². The van der Waals surface area contributed by atoms with Crippen molar-refractivity contribution in [2.24, 2.45) is 4.99 Å². The SMILES string of the molecule is CN=C(NCCCN1CCCCC1C)NCc1ccc(N(C)C)cc1.I. The van der Waals surface area contributed by atoms with Crippen LogP contribution in [0.25, 0.3) is 0 Å². The molecule has 6 heteroatoms. The second kappa shape index (κ2) is 12.4. The Morgan fingerprint density at radius 1 is 1.19 bits per heavy atom. The molecule has 5 nitrogen and oxygen atoms in total. The summed E-state index contributed by atoms with van der Waals surface area (Å²) in [6.07, 6.45) is 5.25. The van der Waals surface area contributed by atoms with E-state index in [0.29, 0.717) is 0 Å². The summed E-state index contributed by atoms with van der Waals surface area (Å²) < 4.78 is 0. The lowest BCUT2D eigenvalue weighted by Gasteiger charge is -2.33. The van der Waals surface area contributed by atoms with E-state index >= 15 is 0 Å². The highest BCUT2D eigenvalue weighted by atomic mass is 127. The van der Waals surface area contributed by atoms with Gasteiger partial charge in [-0.05, 0) is 50.4 Å². The molecule has 0 saturated carbocycles. The molecule has 0 bridgehead atoms. The van der Waals surface area contributed by atoms with E-state index in [4.69, 9.17) is 0 Å². The van der Waals surface area contributed by atoms with Crippen molar-refractivity contribution in [2.75, 3.05) is 45.7 Å². The van der Waals surface area contributed by atoms with Crippen molar-refractivity contribution in [2.45, 2.75) is 45.2 Å². The van der Waals surface area contributed by atoms with Crippen LogP contribution in [0.4, 0.5) is 5.69 Å². The Morgan fingerprint density at radius 3 is 2.54 bits per heavy atom. The van der Waals surface area contributed by atoms with Crippen LogP contribution >= 0.6 is 24.0 Å². The molecule has 26 heavy (non-hydrogen) atoms. The molecule has 0 radical (unpaired) electrons. The highest BCUT2D eigenvalue weighted by Gasteiger charge is 2.17. The number of guanidine groups is 1. The summed E-state index contributed by atoms with van der Waals surface area (Å²) in [4.78, 5) is 9.05. The summed E-state index contributed by atoms with van der Waals surface area (Å²) in [6.45, 7) is 6.54. The monoisotopic (exact) mass is 473 g/mol. The Balaban J connectivity index is 0.00000338. The predicted octanol–water partition coefficient (Wildman–Crippen LogP) is 3.30. The van der Waals surface area contributed by atoms with Gasteiger partial charge in [0.2, 0.25) is 0 Å². The van der Waals surface area contributed by atoms with E-state index < -0.39 is 0 Å². The predicted molar refractivity (Wildman–Crippen MR) is 124 cm³/mol. The van der Waals surface area contributed by atoms with Crippen molar-refractivity contribution in [3.63, 3.8) is 0 Å². The van der Waals surface area contributed by atoms with Gasteiger partial charge in [-0.2, -0.15) is 0 Å². The molecule has 0 amide bonds. The van der Waals surface area contributed by atoms with Crippen molar-refractivity contribution in [3.8, 4) is 0 Å². The first-order valence-corrected chi connectivity index (χ1v) is 9.55. The van der Waals surface area contributed by atoms with Gasteiger partial charge in [0, 0.05) is 52.5 Å². The molecule has 0 aromatic heterocycles. The molecule has 0 spiro atoms. The molecule has 2 N–H and O–H groups in total. The molecule has 1 aromatic rings. The van der Waals surface area contributed by atoms with Crippen LogP contribution in [-0.2, 0) is 6.54 Å². The quantitative estimate of drug-likeness (QED) is 0.276. The van der Waals surface area contributed by atoms with Crippen LogP contribution in [0.15, 0.2) is 29.3 Å². The average molecular weight is 473 g/mol. The summed E-state index contributed by atoms with van der Waals surface area (Å²) in [5.74, 6) is 0.878. The van der Waals surface area contributed by atoms with Crippen LogP contribution in [0, 0.1) is 0 Å². The summed E-state index contributed by atoms with van der Waals surface area (Å²) in [5.41, 5.74) is 2.48. The number of aliphatic imine (C=N–C) groups is 1. The van der Waals surface area contributed by atoms with Gasteiger partial charge in [0.1, 0.15) is 0 Å². The third-order valence-electron chi connectivity index (χ3n) is 4.99. The van der Waals surface area contributed by atoms with E-state index in [2.05, 4.69) is 70.7 Å². The van der Waals surface area contributed by atoms with Crippen LogP contribution in [0.1, 0.15) is 38.2 Å². The van der Waals surface area contributed by atoms with Crippen LogP contribution < -0.4 is 15.5 Å². The van der Waals surface area contributed by atoms with Gasteiger partial charge in [0.15, 0.2) is 5.96 Å². The standard InChI is InChI=1S/C20H35N5.HI/c1-17-8-5-6-14-25(17)15-7-13-22-20(21-2)23-16-18-9-11-19(12-10-18)24(3)4;/h9-12,17H,5-8,13-16H2,1-4H3,(H2,21,22,23);1H. The van der Waals surface area contributed by atoms with Crippen LogP contribution in [-0.4, -0.2) is 57.7 Å². The molecular formula is C20H36IN5. The number of hydrogen-bond donors (Lipinski definition) is 2. The molecule has 1 unspecified atom stereocenters. The van der Waals surface area contributed by atoms with E-state index in [1.54, 1.807) is 0 Å². The fourth-order valence-electron chi connectivity index (χ4n) is 3.30. The molecule has 1 aromatic carbocycles. The molecule has 1 aliphatic rings. The molecule has 2 rings (SSSR count). The Morgan fingerprint density at radius 2 is 1.92 bits per heavy atom. The number of nitrogens with one attached hydrogen (secondary N) is 2. The first-order valence-electron chi connectivity index (χ1n) is 9.55. The number of hydrogen-bond acceptors (Lipinski definition) is 3. The lowest BCUT2D eigenvalue weighted by molar-refractivity contribution is 0.159. The Kier molecular flexibility index (Phi) is 11.0. The van der Waals surface area contributed by atoms with Gasteiger partial charge in [-0.25, -0.2) is 0 Å². The average Bonchev–Trinajstić information content (AvgIpc) is 2.63. The van der Waals surface area contributed by atoms with Gasteiger partial charge in [-0.15, -0.1) is 24.0 Å². The van der Waals surface area contributed by atoms with E-state index in [0.717, 1.165) is 31.5 Å². The van der Waals surface area contributed by atoms with Crippen molar-refractivity contribution < 1.29 is 0 Å². The largest absolute Gasteiger partial charge is 0.378 e. The number of benzene rings is 1. The lowest BCUT2D eigenvalue weighted by Crippen LogP contribution is -2.41. The van der Waals surface area contributed by atoms with E-state index in [-0.39, 0.29) is 24.0 Å². The van der Waals surface area contributed by atoms with Gasteiger partial charge in [0.25, 0.3) is 0 Å². The van der Waals surface area contributed by atoms with Crippen molar-refractivity contribution in [1.82, 2.24) is 15.5 Å². The minimum absolute atomic E-state index is 0. The fourth-order valence-corrected chi connectivity index (χ4v) is 3.30. The molecule has 1 saturated heterocycles. The topological polar surface area (TPSA) is 42.9 Å². The maximum absolute atomic E-state index is 4.32. The minimum atomic E-state index is 0. The number of anilines is 1. The van der Waals surface area contributed by atoms with Gasteiger partial charge in [-0.1, -0.05) is 18.6 Å². The zero-order chi connectivity index (χ0) is 18.1. The molecule has 1 fully saturated rings. The summed E-state index contributed by atoms with van der Waals surface area (Å²) in [5, 5.41) is 6.82. The Bertz CT molecular complexity index is 530. The molecule has 0 aliphatic carbocycles. The van der Waals surface area contributed by atoms with Gasteiger partial charge >= 0.3 is 0 Å². The third-order valence-corrected chi connectivity index (χ3v) is 4.99. The van der Waals surface area contributed by atoms with Crippen LogP contribution in [0.2, 0.25) is 0 Å². The summed E-state index contributed by atoms with van der Waals surface area (Å²) in [6, 6.07) is 9.36. The maximum atomic E-state index is 4.32. The van der Waals surface area contributed by atoms with Crippen molar-refractivity contribution in [3.05, 3.63) is 29.8 Å². The zero-order valence-electron chi connectivity index (χ0n) is 16.8. The number of rotatable bonds is 7. The van der Waals surface area contributed by atoms with Gasteiger partial charge in [0.05, 0.1) is 0 Å². The van der Waals surface area contributed by atoms with Gasteiger partial charge < -0.3 is 20.4 Å². The first kappa shape index (κ1) is 23.0. The molecule has 148 valence electrons. The van der Waals surface area contributed by atoms with Crippen molar-refractivity contribution >= 4 is 35.6 Å². The number of likely N-dealkylation sites (tertiary alicyclic amines) is 1. The lowest BCUT2D eigenvalue weighted by atomic mass is 10.0. The molecule has 1 heterocycles.